The summed E-state index contributed by atoms with van der Waals surface area (Å²) in [5.74, 6) is -0.225. The largest absolute Gasteiger partial charge is 0.477 e. The fourth-order valence-corrected chi connectivity index (χ4v) is 3.44. The van der Waals surface area contributed by atoms with Crippen molar-refractivity contribution < 1.29 is 9.90 Å². The van der Waals surface area contributed by atoms with Crippen LogP contribution < -0.4 is 9.80 Å². The Morgan fingerprint density at radius 3 is 2.52 bits per heavy atom. The highest BCUT2D eigenvalue weighted by molar-refractivity contribution is 7.13. The molecule has 2 aromatic rings. The predicted molar refractivity (Wildman–Crippen MR) is 81.4 cm³/mol. The van der Waals surface area contributed by atoms with E-state index in [1.807, 2.05) is 5.38 Å². The van der Waals surface area contributed by atoms with Crippen LogP contribution in [0.4, 0.5) is 10.9 Å². The van der Waals surface area contributed by atoms with Crippen LogP contribution in [0.5, 0.6) is 0 Å². The molecule has 0 spiro atoms. The number of rotatable bonds is 3. The number of anilines is 2. The fourth-order valence-electron chi connectivity index (χ4n) is 2.74. The average molecular weight is 307 g/mol. The molecule has 0 amide bonds. The molecule has 1 N–H and O–H groups in total. The molecule has 8 heteroatoms. The second-order valence-corrected chi connectivity index (χ2v) is 5.87. The number of nitrogens with zero attached hydrogens (tertiary/aromatic N) is 5. The van der Waals surface area contributed by atoms with Gasteiger partial charge < -0.3 is 14.9 Å². The zero-order valence-corrected chi connectivity index (χ0v) is 12.8. The third-order valence-corrected chi connectivity index (χ3v) is 4.51. The fraction of sp³-hybridized carbons (Fsp3) is 0.462. The summed E-state index contributed by atoms with van der Waals surface area (Å²) in [6, 6.07) is 0. The number of aromatic carboxylic acids is 1. The molecule has 1 fully saturated rings. The first kappa shape index (κ1) is 13.9. The van der Waals surface area contributed by atoms with Gasteiger partial charge in [-0.1, -0.05) is 0 Å². The lowest BCUT2D eigenvalue weighted by Gasteiger charge is -2.35. The molecule has 0 unspecified atom stereocenters. The van der Waals surface area contributed by atoms with Crippen LogP contribution in [0, 0.1) is 6.92 Å². The molecule has 1 saturated heterocycles. The number of hydrogen-bond acceptors (Lipinski definition) is 6. The van der Waals surface area contributed by atoms with E-state index in [0.717, 1.165) is 31.3 Å². The van der Waals surface area contributed by atoms with Crippen molar-refractivity contribution in [2.75, 3.05) is 36.0 Å². The highest BCUT2D eigenvalue weighted by Crippen LogP contribution is 2.26. The molecule has 0 atom stereocenters. The average Bonchev–Trinajstić information content (AvgIpc) is 3.06. The van der Waals surface area contributed by atoms with Crippen LogP contribution in [-0.2, 0) is 7.05 Å². The molecule has 0 bridgehead atoms. The van der Waals surface area contributed by atoms with Crippen LogP contribution in [0.25, 0.3) is 0 Å². The van der Waals surface area contributed by atoms with Crippen molar-refractivity contribution in [3.05, 3.63) is 22.8 Å². The topological polar surface area (TPSA) is 74.5 Å². The molecule has 3 heterocycles. The van der Waals surface area contributed by atoms with E-state index in [9.17, 15) is 9.90 Å². The predicted octanol–water partition coefficient (Wildman–Crippen LogP) is 1.21. The first-order valence-corrected chi connectivity index (χ1v) is 7.62. The minimum Gasteiger partial charge on any atom is -0.477 e. The lowest BCUT2D eigenvalue weighted by Crippen LogP contribution is -2.47. The van der Waals surface area contributed by atoms with Crippen molar-refractivity contribution in [1.82, 2.24) is 14.8 Å². The summed E-state index contributed by atoms with van der Waals surface area (Å²) in [5, 5.41) is 16.6. The van der Waals surface area contributed by atoms with Crippen LogP contribution in [0.15, 0.2) is 11.6 Å². The monoisotopic (exact) mass is 307 g/mol. The Balaban J connectivity index is 1.80. The van der Waals surface area contributed by atoms with Gasteiger partial charge in [-0.3, -0.25) is 4.68 Å². The molecular formula is C13H17N5O2S. The van der Waals surface area contributed by atoms with Gasteiger partial charge in [-0.05, 0) is 6.92 Å². The van der Waals surface area contributed by atoms with Crippen LogP contribution in [0.2, 0.25) is 0 Å². The molecule has 2 aromatic heterocycles. The van der Waals surface area contributed by atoms with Gasteiger partial charge in [-0.25, -0.2) is 9.78 Å². The minimum atomic E-state index is -0.919. The van der Waals surface area contributed by atoms with Gasteiger partial charge in [0.05, 0.1) is 5.69 Å². The summed E-state index contributed by atoms with van der Waals surface area (Å²) in [6.07, 6.45) is 1.80. The second kappa shape index (κ2) is 5.36. The van der Waals surface area contributed by atoms with Crippen molar-refractivity contribution >= 4 is 28.3 Å². The standard InChI is InChI=1S/C13H17N5O2S/c1-9-10(12(19)20)11(16(2)15-9)17-4-6-18(7-5-17)13-14-3-8-21-13/h3,8H,4-7H2,1-2H3,(H,19,20). The Kier molecular flexibility index (Phi) is 3.54. The number of thiazole rings is 1. The number of aryl methyl sites for hydroxylation is 2. The Morgan fingerprint density at radius 1 is 1.29 bits per heavy atom. The first-order chi connectivity index (χ1) is 10.1. The van der Waals surface area contributed by atoms with Crippen molar-refractivity contribution in [1.29, 1.82) is 0 Å². The molecule has 0 aliphatic carbocycles. The SMILES string of the molecule is Cc1nn(C)c(N2CCN(c3nccs3)CC2)c1C(=O)O. The van der Waals surface area contributed by atoms with Crippen molar-refractivity contribution in [2.24, 2.45) is 7.05 Å². The molecule has 0 saturated carbocycles. The summed E-state index contributed by atoms with van der Waals surface area (Å²) >= 11 is 1.63. The van der Waals surface area contributed by atoms with E-state index in [1.54, 1.807) is 36.2 Å². The van der Waals surface area contributed by atoms with Crippen LogP contribution in [-0.4, -0.2) is 52.0 Å². The van der Waals surface area contributed by atoms with E-state index >= 15 is 0 Å². The molecule has 21 heavy (non-hydrogen) atoms. The lowest BCUT2D eigenvalue weighted by atomic mass is 10.2. The normalized spacial score (nSPS) is 15.5. The van der Waals surface area contributed by atoms with E-state index in [0.29, 0.717) is 17.1 Å². The summed E-state index contributed by atoms with van der Waals surface area (Å²) < 4.78 is 1.66. The van der Waals surface area contributed by atoms with Gasteiger partial charge in [-0.2, -0.15) is 5.10 Å². The summed E-state index contributed by atoms with van der Waals surface area (Å²) in [7, 11) is 1.79. The Hall–Kier alpha value is -2.09. The van der Waals surface area contributed by atoms with Crippen molar-refractivity contribution in [3.63, 3.8) is 0 Å². The van der Waals surface area contributed by atoms with E-state index in [4.69, 9.17) is 0 Å². The maximum absolute atomic E-state index is 11.5. The Morgan fingerprint density at radius 2 is 1.95 bits per heavy atom. The summed E-state index contributed by atoms with van der Waals surface area (Å²) in [6.45, 7) is 4.92. The number of carbonyl (C=O) groups is 1. The van der Waals surface area contributed by atoms with Gasteiger partial charge >= 0.3 is 5.97 Å². The number of piperazine rings is 1. The van der Waals surface area contributed by atoms with Crippen LogP contribution in [0.1, 0.15) is 16.1 Å². The van der Waals surface area contributed by atoms with Gasteiger partial charge in [0, 0.05) is 44.8 Å². The van der Waals surface area contributed by atoms with Gasteiger partial charge in [0.25, 0.3) is 0 Å². The Bertz CT molecular complexity index is 644. The Labute approximate surface area is 126 Å². The van der Waals surface area contributed by atoms with Crippen molar-refractivity contribution in [3.8, 4) is 0 Å². The maximum atomic E-state index is 11.5. The third kappa shape index (κ3) is 2.46. The quantitative estimate of drug-likeness (QED) is 0.919. The molecule has 112 valence electrons. The number of hydrogen-bond donors (Lipinski definition) is 1. The molecule has 3 rings (SSSR count). The van der Waals surface area contributed by atoms with Gasteiger partial charge in [0.15, 0.2) is 5.13 Å². The summed E-state index contributed by atoms with van der Waals surface area (Å²) in [4.78, 5) is 20.1. The molecule has 1 aliphatic heterocycles. The maximum Gasteiger partial charge on any atom is 0.341 e. The summed E-state index contributed by atoms with van der Waals surface area (Å²) in [5.41, 5.74) is 0.863. The minimum absolute atomic E-state index is 0.306. The molecular weight excluding hydrogens is 290 g/mol. The van der Waals surface area contributed by atoms with Gasteiger partial charge in [-0.15, -0.1) is 11.3 Å². The number of aromatic nitrogens is 3. The van der Waals surface area contributed by atoms with Crippen molar-refractivity contribution in [2.45, 2.75) is 6.92 Å². The van der Waals surface area contributed by atoms with E-state index in [2.05, 4.69) is 19.9 Å². The number of carboxylic acids is 1. The first-order valence-electron chi connectivity index (χ1n) is 6.74. The van der Waals surface area contributed by atoms with E-state index in [-0.39, 0.29) is 0 Å². The van der Waals surface area contributed by atoms with Crippen LogP contribution >= 0.6 is 11.3 Å². The van der Waals surface area contributed by atoms with Gasteiger partial charge in [0.2, 0.25) is 0 Å². The van der Waals surface area contributed by atoms with E-state index < -0.39 is 5.97 Å². The highest BCUT2D eigenvalue weighted by atomic mass is 32.1. The zero-order valence-electron chi connectivity index (χ0n) is 12.0. The molecule has 0 aromatic carbocycles. The smallest absolute Gasteiger partial charge is 0.341 e. The molecule has 0 radical (unpaired) electrons. The molecule has 7 nitrogen and oxygen atoms in total. The van der Waals surface area contributed by atoms with Crippen LogP contribution in [0.3, 0.4) is 0 Å². The lowest BCUT2D eigenvalue weighted by molar-refractivity contribution is 0.0696. The molecule has 1 aliphatic rings. The second-order valence-electron chi connectivity index (χ2n) is 5.00. The number of carboxylic acid groups (broad SMARTS) is 1. The third-order valence-electron chi connectivity index (χ3n) is 3.67. The van der Waals surface area contributed by atoms with E-state index in [1.165, 1.54) is 0 Å². The highest BCUT2D eigenvalue weighted by Gasteiger charge is 2.27. The zero-order chi connectivity index (χ0) is 15.0. The van der Waals surface area contributed by atoms with Gasteiger partial charge in [0.1, 0.15) is 11.4 Å².